The van der Waals surface area contributed by atoms with Gasteiger partial charge in [-0.1, -0.05) is 24.6 Å². The average molecular weight is 281 g/mol. The van der Waals surface area contributed by atoms with E-state index < -0.39 is 5.82 Å². The van der Waals surface area contributed by atoms with Crippen molar-refractivity contribution in [3.05, 3.63) is 52.3 Å². The predicted molar refractivity (Wildman–Crippen MR) is 72.1 cm³/mol. The summed E-state index contributed by atoms with van der Waals surface area (Å²) < 4.78 is 15.2. The average Bonchev–Trinajstić information content (AvgIpc) is 2.77. The largest absolute Gasteiger partial charge is 0.330 e. The summed E-state index contributed by atoms with van der Waals surface area (Å²) in [6.07, 6.45) is 2.41. The van der Waals surface area contributed by atoms with Gasteiger partial charge in [0.2, 0.25) is 0 Å². The van der Waals surface area contributed by atoms with Crippen molar-refractivity contribution in [3.63, 3.8) is 0 Å². The quantitative estimate of drug-likeness (QED) is 0.804. The number of Topliss-reactive ketones (excluding diaryl/α,β-unsaturated/α-hetero) is 1. The smallest absolute Gasteiger partial charge is 0.179 e. The van der Waals surface area contributed by atoms with E-state index in [0.717, 1.165) is 11.4 Å². The minimum atomic E-state index is -0.441. The zero-order chi connectivity index (χ0) is 14.0. The number of hydrogen-bond acceptors (Lipinski definition) is 2. The zero-order valence-corrected chi connectivity index (χ0v) is 11.5. The van der Waals surface area contributed by atoms with E-state index in [1.54, 1.807) is 12.3 Å². The summed E-state index contributed by atoms with van der Waals surface area (Å²) in [4.78, 5) is 15.6. The standard InChI is InChI=1S/C14H14ClFN2O/c1-3-14-17-13(9(2)19)8-18(14)7-10-4-5-11(15)12(16)6-10/h4-6,8H,3,7H2,1-2H3. The summed E-state index contributed by atoms with van der Waals surface area (Å²) in [6, 6.07) is 4.69. The van der Waals surface area contributed by atoms with Gasteiger partial charge in [-0.05, 0) is 17.7 Å². The lowest BCUT2D eigenvalue weighted by Crippen LogP contribution is -2.03. The number of nitrogens with zero attached hydrogens (tertiary/aromatic N) is 2. The van der Waals surface area contributed by atoms with Gasteiger partial charge >= 0.3 is 0 Å². The van der Waals surface area contributed by atoms with Gasteiger partial charge in [0, 0.05) is 26.1 Å². The molecule has 19 heavy (non-hydrogen) atoms. The molecule has 0 N–H and O–H groups in total. The van der Waals surface area contributed by atoms with Crippen LogP contribution in [0, 0.1) is 5.82 Å². The lowest BCUT2D eigenvalue weighted by Gasteiger charge is -2.07. The van der Waals surface area contributed by atoms with Gasteiger partial charge in [-0.3, -0.25) is 4.79 Å². The molecule has 0 bridgehead atoms. The van der Waals surface area contributed by atoms with Crippen molar-refractivity contribution < 1.29 is 9.18 Å². The highest BCUT2D eigenvalue weighted by Crippen LogP contribution is 2.17. The van der Waals surface area contributed by atoms with Crippen LogP contribution in [0.1, 0.15) is 35.7 Å². The van der Waals surface area contributed by atoms with Crippen molar-refractivity contribution in [1.29, 1.82) is 0 Å². The molecule has 1 heterocycles. The second-order valence-corrected chi connectivity index (χ2v) is 4.74. The number of rotatable bonds is 4. The molecular formula is C14H14ClFN2O. The van der Waals surface area contributed by atoms with Crippen LogP contribution in [0.25, 0.3) is 0 Å². The molecule has 0 fully saturated rings. The molecular weight excluding hydrogens is 267 g/mol. The maximum atomic E-state index is 13.4. The lowest BCUT2D eigenvalue weighted by atomic mass is 10.2. The maximum Gasteiger partial charge on any atom is 0.179 e. The summed E-state index contributed by atoms with van der Waals surface area (Å²) in [5.41, 5.74) is 1.22. The molecule has 3 nitrogen and oxygen atoms in total. The number of aromatic nitrogens is 2. The van der Waals surface area contributed by atoms with Crippen molar-refractivity contribution in [1.82, 2.24) is 9.55 Å². The Bertz CT molecular complexity index is 622. The van der Waals surface area contributed by atoms with Gasteiger partial charge < -0.3 is 4.57 Å². The maximum absolute atomic E-state index is 13.4. The molecule has 100 valence electrons. The molecule has 0 spiro atoms. The minimum absolute atomic E-state index is 0.0734. The van der Waals surface area contributed by atoms with Crippen molar-refractivity contribution in [2.45, 2.75) is 26.8 Å². The number of halogens is 2. The van der Waals surface area contributed by atoms with E-state index in [1.165, 1.54) is 19.1 Å². The highest BCUT2D eigenvalue weighted by atomic mass is 35.5. The van der Waals surface area contributed by atoms with Crippen molar-refractivity contribution >= 4 is 17.4 Å². The predicted octanol–water partition coefficient (Wildman–Crippen LogP) is 3.49. The van der Waals surface area contributed by atoms with Crippen molar-refractivity contribution in [3.8, 4) is 0 Å². The number of aryl methyl sites for hydroxylation is 1. The van der Waals surface area contributed by atoms with Crippen LogP contribution in [0.5, 0.6) is 0 Å². The highest BCUT2D eigenvalue weighted by molar-refractivity contribution is 6.30. The molecule has 0 aliphatic rings. The minimum Gasteiger partial charge on any atom is -0.330 e. The van der Waals surface area contributed by atoms with E-state index in [1.807, 2.05) is 11.5 Å². The van der Waals surface area contributed by atoms with E-state index in [-0.39, 0.29) is 10.8 Å². The Kier molecular flexibility index (Phi) is 4.00. The number of carbonyl (C=O) groups is 1. The molecule has 0 saturated heterocycles. The molecule has 0 aliphatic carbocycles. The summed E-state index contributed by atoms with van der Waals surface area (Å²) >= 11 is 5.65. The number of ketones is 1. The van der Waals surface area contributed by atoms with Gasteiger partial charge in [-0.25, -0.2) is 9.37 Å². The molecule has 0 aliphatic heterocycles. The molecule has 2 rings (SSSR count). The molecule has 0 saturated carbocycles. The Morgan fingerprint density at radius 1 is 1.47 bits per heavy atom. The number of carbonyl (C=O) groups excluding carboxylic acids is 1. The summed E-state index contributed by atoms with van der Waals surface area (Å²) in [5.74, 6) is 0.292. The van der Waals surface area contributed by atoms with E-state index in [9.17, 15) is 9.18 Å². The first-order valence-electron chi connectivity index (χ1n) is 6.02. The molecule has 0 unspecified atom stereocenters. The molecule has 0 amide bonds. The first kappa shape index (κ1) is 13.7. The van der Waals surface area contributed by atoms with E-state index in [2.05, 4.69) is 4.98 Å². The number of hydrogen-bond donors (Lipinski definition) is 0. The Hall–Kier alpha value is -1.68. The monoisotopic (exact) mass is 280 g/mol. The summed E-state index contributed by atoms with van der Waals surface area (Å²) in [7, 11) is 0. The third kappa shape index (κ3) is 3.01. The lowest BCUT2D eigenvalue weighted by molar-refractivity contribution is 0.101. The van der Waals surface area contributed by atoms with Crippen molar-refractivity contribution in [2.75, 3.05) is 0 Å². The Labute approximate surface area is 116 Å². The molecule has 5 heteroatoms. The molecule has 0 radical (unpaired) electrons. The van der Waals surface area contributed by atoms with Crippen LogP contribution >= 0.6 is 11.6 Å². The van der Waals surface area contributed by atoms with Crippen molar-refractivity contribution in [2.24, 2.45) is 0 Å². The van der Waals surface area contributed by atoms with Gasteiger partial charge in [-0.2, -0.15) is 0 Å². The molecule has 1 aromatic carbocycles. The normalized spacial score (nSPS) is 10.7. The summed E-state index contributed by atoms with van der Waals surface area (Å²) in [5, 5.41) is 0.106. The third-order valence-electron chi connectivity index (χ3n) is 2.87. The third-order valence-corrected chi connectivity index (χ3v) is 3.18. The Morgan fingerprint density at radius 3 is 2.79 bits per heavy atom. The van der Waals surface area contributed by atoms with Gasteiger partial charge in [0.1, 0.15) is 17.3 Å². The fourth-order valence-corrected chi connectivity index (χ4v) is 2.00. The zero-order valence-electron chi connectivity index (χ0n) is 10.8. The fourth-order valence-electron chi connectivity index (χ4n) is 1.88. The van der Waals surface area contributed by atoms with Crippen LogP contribution in [0.15, 0.2) is 24.4 Å². The van der Waals surface area contributed by atoms with Crippen LogP contribution in [-0.4, -0.2) is 15.3 Å². The Morgan fingerprint density at radius 2 is 2.21 bits per heavy atom. The van der Waals surface area contributed by atoms with E-state index in [0.29, 0.717) is 18.7 Å². The SMILES string of the molecule is CCc1nc(C(C)=O)cn1Cc1ccc(Cl)c(F)c1. The molecule has 0 atom stereocenters. The summed E-state index contributed by atoms with van der Waals surface area (Å²) in [6.45, 7) is 3.91. The second-order valence-electron chi connectivity index (χ2n) is 4.33. The van der Waals surface area contributed by atoms with Crippen LogP contribution in [0.2, 0.25) is 5.02 Å². The highest BCUT2D eigenvalue weighted by Gasteiger charge is 2.10. The van der Waals surface area contributed by atoms with E-state index in [4.69, 9.17) is 11.6 Å². The van der Waals surface area contributed by atoms with E-state index >= 15 is 0 Å². The molecule has 1 aromatic heterocycles. The van der Waals surface area contributed by atoms with Gasteiger partial charge in [0.25, 0.3) is 0 Å². The topological polar surface area (TPSA) is 34.9 Å². The second kappa shape index (κ2) is 5.53. The van der Waals surface area contributed by atoms with Gasteiger partial charge in [0.05, 0.1) is 5.02 Å². The van der Waals surface area contributed by atoms with Crippen LogP contribution in [-0.2, 0) is 13.0 Å². The van der Waals surface area contributed by atoms with Gasteiger partial charge in [0.15, 0.2) is 5.78 Å². The first-order chi connectivity index (χ1) is 9.01. The number of imidazole rings is 1. The fraction of sp³-hybridized carbons (Fsp3) is 0.286. The van der Waals surface area contributed by atoms with Crippen LogP contribution in [0.4, 0.5) is 4.39 Å². The van der Waals surface area contributed by atoms with Crippen LogP contribution < -0.4 is 0 Å². The van der Waals surface area contributed by atoms with Gasteiger partial charge in [-0.15, -0.1) is 0 Å². The van der Waals surface area contributed by atoms with Crippen LogP contribution in [0.3, 0.4) is 0 Å². The number of benzene rings is 1. The first-order valence-corrected chi connectivity index (χ1v) is 6.40. The Balaban J connectivity index is 2.31. The molecule has 2 aromatic rings.